The Hall–Kier alpha value is -2.66. The van der Waals surface area contributed by atoms with Crippen LogP contribution in [-0.2, 0) is 9.59 Å². The van der Waals surface area contributed by atoms with Gasteiger partial charge in [0.15, 0.2) is 0 Å². The maximum absolute atomic E-state index is 12.5. The lowest BCUT2D eigenvalue weighted by atomic mass is 9.85. The van der Waals surface area contributed by atoms with Crippen LogP contribution in [0, 0.1) is 0 Å². The highest BCUT2D eigenvalue weighted by molar-refractivity contribution is 5.88. The number of rotatable bonds is 6. The number of nitrogens with one attached hydrogen (secondary N) is 2. The Labute approximate surface area is 147 Å². The van der Waals surface area contributed by atoms with Gasteiger partial charge in [-0.15, -0.1) is 0 Å². The molecule has 1 aliphatic heterocycles. The SMILES string of the molecule is O=C(O)C(NC(=O)[C@@H]1CCCN1)C(c1ccccc1)c1ccccc1. The van der Waals surface area contributed by atoms with Crippen LogP contribution in [0.1, 0.15) is 29.9 Å². The Morgan fingerprint density at radius 3 is 2.00 bits per heavy atom. The van der Waals surface area contributed by atoms with E-state index < -0.39 is 17.9 Å². The zero-order valence-corrected chi connectivity index (χ0v) is 13.9. The molecule has 25 heavy (non-hydrogen) atoms. The molecule has 1 amide bonds. The highest BCUT2D eigenvalue weighted by Gasteiger charge is 2.34. The summed E-state index contributed by atoms with van der Waals surface area (Å²) in [5.74, 6) is -1.74. The molecule has 0 radical (unpaired) electrons. The molecular formula is C20H22N2O3. The molecule has 1 saturated heterocycles. The van der Waals surface area contributed by atoms with Crippen molar-refractivity contribution in [2.24, 2.45) is 0 Å². The Balaban J connectivity index is 1.93. The molecule has 1 unspecified atom stereocenters. The summed E-state index contributed by atoms with van der Waals surface area (Å²) < 4.78 is 0. The summed E-state index contributed by atoms with van der Waals surface area (Å²) in [6.45, 7) is 0.788. The molecule has 0 saturated carbocycles. The molecule has 0 aliphatic carbocycles. The molecule has 2 aromatic carbocycles. The minimum absolute atomic E-state index is 0.248. The molecule has 0 aromatic heterocycles. The Kier molecular flexibility index (Phi) is 5.46. The van der Waals surface area contributed by atoms with E-state index in [1.165, 1.54) is 0 Å². The number of carboxylic acid groups (broad SMARTS) is 1. The maximum atomic E-state index is 12.5. The van der Waals surface area contributed by atoms with E-state index in [4.69, 9.17) is 0 Å². The van der Waals surface area contributed by atoms with Gasteiger partial charge in [0.25, 0.3) is 0 Å². The van der Waals surface area contributed by atoms with Crippen molar-refractivity contribution in [3.8, 4) is 0 Å². The first-order valence-corrected chi connectivity index (χ1v) is 8.53. The first kappa shape index (κ1) is 17.2. The average Bonchev–Trinajstić information content (AvgIpc) is 3.17. The number of hydrogen-bond donors (Lipinski definition) is 3. The Bertz CT molecular complexity index is 673. The van der Waals surface area contributed by atoms with Crippen molar-refractivity contribution in [1.29, 1.82) is 0 Å². The van der Waals surface area contributed by atoms with Crippen LogP contribution < -0.4 is 10.6 Å². The standard InChI is InChI=1S/C20H22N2O3/c23-19(16-12-7-13-21-16)22-18(20(24)25)17(14-8-3-1-4-9-14)15-10-5-2-6-11-15/h1-6,8-11,16-18,21H,7,12-13H2,(H,22,23)(H,24,25)/t16-,18?/m0/s1. The number of hydrogen-bond acceptors (Lipinski definition) is 3. The van der Waals surface area contributed by atoms with Gasteiger partial charge in [0, 0.05) is 5.92 Å². The molecule has 130 valence electrons. The number of carbonyl (C=O) groups excluding carboxylic acids is 1. The van der Waals surface area contributed by atoms with Crippen molar-refractivity contribution in [3.63, 3.8) is 0 Å². The molecule has 5 nitrogen and oxygen atoms in total. The molecule has 1 aliphatic rings. The predicted molar refractivity (Wildman–Crippen MR) is 95.3 cm³/mol. The third kappa shape index (κ3) is 4.06. The normalized spacial score (nSPS) is 18.0. The summed E-state index contributed by atoms with van der Waals surface area (Å²) in [6, 6.07) is 17.5. The fourth-order valence-corrected chi connectivity index (χ4v) is 3.35. The fourth-order valence-electron chi connectivity index (χ4n) is 3.35. The number of aliphatic carboxylic acids is 1. The zero-order chi connectivity index (χ0) is 17.6. The minimum Gasteiger partial charge on any atom is -0.480 e. The summed E-state index contributed by atoms with van der Waals surface area (Å²) in [4.78, 5) is 24.5. The largest absolute Gasteiger partial charge is 0.480 e. The van der Waals surface area contributed by atoms with E-state index in [1.54, 1.807) is 0 Å². The van der Waals surface area contributed by atoms with Gasteiger partial charge >= 0.3 is 5.97 Å². The van der Waals surface area contributed by atoms with Crippen LogP contribution in [0.4, 0.5) is 0 Å². The molecule has 1 heterocycles. The Morgan fingerprint density at radius 1 is 1.00 bits per heavy atom. The second-order valence-corrected chi connectivity index (χ2v) is 6.27. The summed E-state index contributed by atoms with van der Waals surface area (Å²) in [5, 5.41) is 15.7. The van der Waals surface area contributed by atoms with Crippen molar-refractivity contribution in [1.82, 2.24) is 10.6 Å². The van der Waals surface area contributed by atoms with Crippen molar-refractivity contribution in [2.45, 2.75) is 30.8 Å². The smallest absolute Gasteiger partial charge is 0.327 e. The van der Waals surface area contributed by atoms with Crippen LogP contribution in [0.3, 0.4) is 0 Å². The molecule has 5 heteroatoms. The van der Waals surface area contributed by atoms with Crippen molar-refractivity contribution < 1.29 is 14.7 Å². The first-order valence-electron chi connectivity index (χ1n) is 8.53. The molecule has 0 spiro atoms. The third-order valence-electron chi connectivity index (χ3n) is 4.59. The molecule has 1 fully saturated rings. The number of carbonyl (C=O) groups is 2. The summed E-state index contributed by atoms with van der Waals surface area (Å²) in [7, 11) is 0. The number of amides is 1. The highest BCUT2D eigenvalue weighted by atomic mass is 16.4. The predicted octanol–water partition coefficient (Wildman–Crippen LogP) is 2.14. The van der Waals surface area contributed by atoms with Crippen molar-refractivity contribution in [2.75, 3.05) is 6.54 Å². The molecule has 3 N–H and O–H groups in total. The van der Waals surface area contributed by atoms with E-state index in [2.05, 4.69) is 10.6 Å². The molecule has 0 bridgehead atoms. The van der Waals surface area contributed by atoms with Crippen LogP contribution >= 0.6 is 0 Å². The minimum atomic E-state index is -1.04. The summed E-state index contributed by atoms with van der Waals surface area (Å²) in [6.07, 6.45) is 1.66. The quantitative estimate of drug-likeness (QED) is 0.754. The van der Waals surface area contributed by atoms with E-state index >= 15 is 0 Å². The van der Waals surface area contributed by atoms with Gasteiger partial charge in [-0.05, 0) is 30.5 Å². The topological polar surface area (TPSA) is 78.4 Å². The highest BCUT2D eigenvalue weighted by Crippen LogP contribution is 2.28. The van der Waals surface area contributed by atoms with Crippen molar-refractivity contribution >= 4 is 11.9 Å². The average molecular weight is 338 g/mol. The second kappa shape index (κ2) is 7.94. The zero-order valence-electron chi connectivity index (χ0n) is 13.9. The lowest BCUT2D eigenvalue weighted by molar-refractivity contribution is -0.142. The van der Waals surface area contributed by atoms with Gasteiger partial charge in [-0.3, -0.25) is 4.79 Å². The van der Waals surface area contributed by atoms with Crippen LogP contribution in [-0.4, -0.2) is 35.6 Å². The second-order valence-electron chi connectivity index (χ2n) is 6.27. The lowest BCUT2D eigenvalue weighted by Crippen LogP contribution is -2.50. The lowest BCUT2D eigenvalue weighted by Gasteiger charge is -2.27. The monoisotopic (exact) mass is 338 g/mol. The van der Waals surface area contributed by atoms with Crippen molar-refractivity contribution in [3.05, 3.63) is 71.8 Å². The fraction of sp³-hybridized carbons (Fsp3) is 0.300. The summed E-state index contributed by atoms with van der Waals surface area (Å²) >= 11 is 0. The molecular weight excluding hydrogens is 316 g/mol. The van der Waals surface area contributed by atoms with Crippen LogP contribution in [0.2, 0.25) is 0 Å². The van der Waals surface area contributed by atoms with E-state index in [-0.39, 0.29) is 11.9 Å². The molecule has 2 atom stereocenters. The maximum Gasteiger partial charge on any atom is 0.327 e. The van der Waals surface area contributed by atoms with Crippen LogP contribution in [0.15, 0.2) is 60.7 Å². The number of carboxylic acids is 1. The van der Waals surface area contributed by atoms with Gasteiger partial charge in [0.05, 0.1) is 6.04 Å². The van der Waals surface area contributed by atoms with Gasteiger partial charge in [-0.1, -0.05) is 60.7 Å². The Morgan fingerprint density at radius 2 is 1.56 bits per heavy atom. The van der Waals surface area contributed by atoms with E-state index in [9.17, 15) is 14.7 Å². The van der Waals surface area contributed by atoms with Gasteiger partial charge in [0.1, 0.15) is 6.04 Å². The van der Waals surface area contributed by atoms with E-state index in [0.717, 1.165) is 30.5 Å². The van der Waals surface area contributed by atoms with Crippen LogP contribution in [0.5, 0.6) is 0 Å². The van der Waals surface area contributed by atoms with Gasteiger partial charge < -0.3 is 15.7 Å². The first-order chi connectivity index (χ1) is 12.2. The van der Waals surface area contributed by atoms with Gasteiger partial charge in [-0.2, -0.15) is 0 Å². The molecule has 3 rings (SSSR count). The van der Waals surface area contributed by atoms with Gasteiger partial charge in [-0.25, -0.2) is 4.79 Å². The van der Waals surface area contributed by atoms with Gasteiger partial charge in [0.2, 0.25) is 5.91 Å². The molecule has 2 aromatic rings. The van der Waals surface area contributed by atoms with Crippen LogP contribution in [0.25, 0.3) is 0 Å². The third-order valence-corrected chi connectivity index (χ3v) is 4.59. The van der Waals surface area contributed by atoms with E-state index in [0.29, 0.717) is 0 Å². The van der Waals surface area contributed by atoms with E-state index in [1.807, 2.05) is 60.7 Å². The summed E-state index contributed by atoms with van der Waals surface area (Å²) in [5.41, 5.74) is 1.72. The number of benzene rings is 2.